The van der Waals surface area contributed by atoms with Gasteiger partial charge in [0.25, 0.3) is 5.56 Å². The molecule has 0 bridgehead atoms. The number of aliphatic hydroxyl groups is 1. The first-order chi connectivity index (χ1) is 10.2. The van der Waals surface area contributed by atoms with Crippen molar-refractivity contribution in [3.63, 3.8) is 0 Å². The molecule has 0 spiro atoms. The number of hydrogen-bond acceptors (Lipinski definition) is 4. The van der Waals surface area contributed by atoms with E-state index in [4.69, 9.17) is 0 Å². The SMILES string of the molecule is O=c1ccc(-c2ccccc2)nn1C[C@@]1(O)CCCNC1. The molecule has 1 fully saturated rings. The third kappa shape index (κ3) is 3.20. The summed E-state index contributed by atoms with van der Waals surface area (Å²) in [7, 11) is 0. The number of aromatic nitrogens is 2. The Morgan fingerprint density at radius 1 is 1.24 bits per heavy atom. The van der Waals surface area contributed by atoms with Gasteiger partial charge in [0, 0.05) is 18.2 Å². The van der Waals surface area contributed by atoms with Crippen molar-refractivity contribution in [2.24, 2.45) is 0 Å². The summed E-state index contributed by atoms with van der Waals surface area (Å²) in [6.45, 7) is 1.63. The molecule has 0 unspecified atom stereocenters. The van der Waals surface area contributed by atoms with Gasteiger partial charge in [0.1, 0.15) is 0 Å². The van der Waals surface area contributed by atoms with E-state index in [1.165, 1.54) is 10.7 Å². The topological polar surface area (TPSA) is 67.2 Å². The molecular formula is C16H19N3O2. The van der Waals surface area contributed by atoms with Crippen LogP contribution in [0.5, 0.6) is 0 Å². The third-order valence-electron chi connectivity index (χ3n) is 3.83. The summed E-state index contributed by atoms with van der Waals surface area (Å²) in [5.41, 5.74) is 0.612. The van der Waals surface area contributed by atoms with Crippen molar-refractivity contribution in [1.82, 2.24) is 15.1 Å². The van der Waals surface area contributed by atoms with Gasteiger partial charge in [-0.05, 0) is 25.5 Å². The van der Waals surface area contributed by atoms with Gasteiger partial charge in [0.05, 0.1) is 17.8 Å². The van der Waals surface area contributed by atoms with Crippen molar-refractivity contribution in [3.05, 3.63) is 52.8 Å². The van der Waals surface area contributed by atoms with Crippen molar-refractivity contribution in [2.45, 2.75) is 25.0 Å². The van der Waals surface area contributed by atoms with Crippen LogP contribution in [0, 0.1) is 0 Å². The lowest BCUT2D eigenvalue weighted by atomic mass is 9.94. The molecule has 0 amide bonds. The minimum absolute atomic E-state index is 0.186. The van der Waals surface area contributed by atoms with Crippen LogP contribution in [0.15, 0.2) is 47.3 Å². The molecule has 1 saturated heterocycles. The van der Waals surface area contributed by atoms with Gasteiger partial charge >= 0.3 is 0 Å². The standard InChI is InChI=1S/C16H19N3O2/c20-15-8-7-14(13-5-2-1-3-6-13)18-19(15)12-16(21)9-4-10-17-11-16/h1-3,5-8,17,21H,4,9-12H2/t16-/m1/s1. The fraction of sp³-hybridized carbons (Fsp3) is 0.375. The monoisotopic (exact) mass is 285 g/mol. The molecule has 0 saturated carbocycles. The second-order valence-electron chi connectivity index (χ2n) is 5.59. The third-order valence-corrected chi connectivity index (χ3v) is 3.83. The summed E-state index contributed by atoms with van der Waals surface area (Å²) in [6.07, 6.45) is 1.59. The highest BCUT2D eigenvalue weighted by atomic mass is 16.3. The number of nitrogens with zero attached hydrogens (tertiary/aromatic N) is 2. The average Bonchev–Trinajstić information content (AvgIpc) is 2.51. The predicted octanol–water partition coefficient (Wildman–Crippen LogP) is 1.02. The molecule has 1 aromatic carbocycles. The maximum absolute atomic E-state index is 12.0. The zero-order chi connectivity index (χ0) is 14.7. The second-order valence-corrected chi connectivity index (χ2v) is 5.59. The first-order valence-electron chi connectivity index (χ1n) is 7.23. The molecule has 1 aliphatic rings. The number of benzene rings is 1. The van der Waals surface area contributed by atoms with E-state index in [2.05, 4.69) is 10.4 Å². The molecule has 0 radical (unpaired) electrons. The van der Waals surface area contributed by atoms with Gasteiger partial charge in [0.15, 0.2) is 0 Å². The number of hydrogen-bond donors (Lipinski definition) is 2. The van der Waals surface area contributed by atoms with Crippen molar-refractivity contribution in [3.8, 4) is 11.3 Å². The Labute approximate surface area is 123 Å². The highest BCUT2D eigenvalue weighted by Crippen LogP contribution is 2.18. The minimum Gasteiger partial charge on any atom is -0.387 e. The van der Waals surface area contributed by atoms with Crippen LogP contribution in [-0.2, 0) is 6.54 Å². The summed E-state index contributed by atoms with van der Waals surface area (Å²) in [4.78, 5) is 12.0. The smallest absolute Gasteiger partial charge is 0.266 e. The first kappa shape index (κ1) is 14.0. The van der Waals surface area contributed by atoms with Gasteiger partial charge < -0.3 is 10.4 Å². The van der Waals surface area contributed by atoms with Crippen LogP contribution in [0.1, 0.15) is 12.8 Å². The molecule has 1 aliphatic heterocycles. The van der Waals surface area contributed by atoms with E-state index < -0.39 is 5.60 Å². The average molecular weight is 285 g/mol. The summed E-state index contributed by atoms with van der Waals surface area (Å²) in [6, 6.07) is 12.9. The summed E-state index contributed by atoms with van der Waals surface area (Å²) >= 11 is 0. The van der Waals surface area contributed by atoms with E-state index in [1.54, 1.807) is 6.07 Å². The quantitative estimate of drug-likeness (QED) is 0.884. The zero-order valence-electron chi connectivity index (χ0n) is 11.8. The molecule has 2 heterocycles. The maximum Gasteiger partial charge on any atom is 0.266 e. The van der Waals surface area contributed by atoms with E-state index >= 15 is 0 Å². The Morgan fingerprint density at radius 3 is 2.76 bits per heavy atom. The normalized spacial score (nSPS) is 22.1. The molecule has 2 N–H and O–H groups in total. The van der Waals surface area contributed by atoms with Gasteiger partial charge in [-0.15, -0.1) is 0 Å². The fourth-order valence-electron chi connectivity index (χ4n) is 2.69. The van der Waals surface area contributed by atoms with Crippen molar-refractivity contribution >= 4 is 0 Å². The van der Waals surface area contributed by atoms with Crippen molar-refractivity contribution in [2.75, 3.05) is 13.1 Å². The lowest BCUT2D eigenvalue weighted by Gasteiger charge is -2.32. The number of piperidine rings is 1. The number of β-amino-alcohol motifs (C(OH)–C–C–N with tert-alkyl or cyclic N) is 1. The Kier molecular flexibility index (Phi) is 3.86. The molecule has 1 atom stereocenters. The molecule has 1 aromatic heterocycles. The van der Waals surface area contributed by atoms with Crippen molar-refractivity contribution in [1.29, 1.82) is 0 Å². The Bertz CT molecular complexity index is 661. The van der Waals surface area contributed by atoms with Crippen LogP contribution in [0.3, 0.4) is 0 Å². The minimum atomic E-state index is -0.898. The van der Waals surface area contributed by atoms with Crippen LogP contribution in [-0.4, -0.2) is 33.6 Å². The Balaban J connectivity index is 1.90. The van der Waals surface area contributed by atoms with Crippen LogP contribution in [0.4, 0.5) is 0 Å². The van der Waals surface area contributed by atoms with E-state index in [0.717, 1.165) is 24.2 Å². The lowest BCUT2D eigenvalue weighted by molar-refractivity contribution is -0.00336. The van der Waals surface area contributed by atoms with Crippen molar-refractivity contribution < 1.29 is 5.11 Å². The predicted molar refractivity (Wildman–Crippen MR) is 81.0 cm³/mol. The van der Waals surface area contributed by atoms with Gasteiger partial charge in [0.2, 0.25) is 0 Å². The Morgan fingerprint density at radius 2 is 2.05 bits per heavy atom. The van der Waals surface area contributed by atoms with Crippen LogP contribution >= 0.6 is 0 Å². The van der Waals surface area contributed by atoms with E-state index in [9.17, 15) is 9.90 Å². The molecule has 21 heavy (non-hydrogen) atoms. The fourth-order valence-corrected chi connectivity index (χ4v) is 2.69. The highest BCUT2D eigenvalue weighted by molar-refractivity contribution is 5.57. The summed E-state index contributed by atoms with van der Waals surface area (Å²) < 4.78 is 1.37. The largest absolute Gasteiger partial charge is 0.387 e. The highest BCUT2D eigenvalue weighted by Gasteiger charge is 2.30. The van der Waals surface area contributed by atoms with Gasteiger partial charge in [-0.25, -0.2) is 4.68 Å². The van der Waals surface area contributed by atoms with Gasteiger partial charge in [-0.1, -0.05) is 30.3 Å². The van der Waals surface area contributed by atoms with Crippen LogP contribution < -0.4 is 10.9 Å². The van der Waals surface area contributed by atoms with E-state index in [-0.39, 0.29) is 12.1 Å². The second kappa shape index (κ2) is 5.79. The molecule has 110 valence electrons. The Hall–Kier alpha value is -1.98. The zero-order valence-corrected chi connectivity index (χ0v) is 11.8. The van der Waals surface area contributed by atoms with E-state index in [1.807, 2.05) is 30.3 Å². The van der Waals surface area contributed by atoms with E-state index in [0.29, 0.717) is 13.0 Å². The summed E-state index contributed by atoms with van der Waals surface area (Å²) in [5, 5.41) is 18.1. The molecule has 0 aliphatic carbocycles. The molecular weight excluding hydrogens is 266 g/mol. The lowest BCUT2D eigenvalue weighted by Crippen LogP contribution is -2.50. The van der Waals surface area contributed by atoms with Crippen LogP contribution in [0.25, 0.3) is 11.3 Å². The van der Waals surface area contributed by atoms with Gasteiger partial charge in [-0.3, -0.25) is 4.79 Å². The maximum atomic E-state index is 12.0. The molecule has 2 aromatic rings. The molecule has 5 heteroatoms. The summed E-state index contributed by atoms with van der Waals surface area (Å²) in [5.74, 6) is 0. The molecule has 3 rings (SSSR count). The molecule has 5 nitrogen and oxygen atoms in total. The van der Waals surface area contributed by atoms with Crippen LogP contribution in [0.2, 0.25) is 0 Å². The van der Waals surface area contributed by atoms with Gasteiger partial charge in [-0.2, -0.15) is 5.10 Å². The first-order valence-corrected chi connectivity index (χ1v) is 7.23. The number of nitrogens with one attached hydrogen (secondary N) is 1. The number of rotatable bonds is 3.